The topological polar surface area (TPSA) is 187 Å². The molecular weight excluding hydrogens is 633 g/mol. The molecule has 0 bridgehead atoms. The van der Waals surface area contributed by atoms with E-state index >= 15 is 0 Å². The minimum absolute atomic E-state index is 0.0394. The zero-order chi connectivity index (χ0) is 31.4. The summed E-state index contributed by atoms with van der Waals surface area (Å²) in [7, 11) is -4.10. The number of thioether (sulfide) groups is 1. The Hall–Kier alpha value is -4.00. The smallest absolute Gasteiger partial charge is 0.413 e. The maximum absolute atomic E-state index is 13.7. The summed E-state index contributed by atoms with van der Waals surface area (Å²) in [5.74, 6) is 0.209. The average Bonchev–Trinajstić information content (AvgIpc) is 3.61. The third kappa shape index (κ3) is 6.42. The summed E-state index contributed by atoms with van der Waals surface area (Å²) < 4.78 is 34.4. The number of piperazine rings is 1. The molecular formula is C26H30N8O7S3. The Kier molecular flexibility index (Phi) is 9.52. The summed E-state index contributed by atoms with van der Waals surface area (Å²) in [5, 5.41) is 4.44. The van der Waals surface area contributed by atoms with Crippen LogP contribution in [-0.2, 0) is 24.3 Å². The number of carbonyl (C=O) groups is 3. The van der Waals surface area contributed by atoms with Crippen molar-refractivity contribution in [2.24, 2.45) is 0 Å². The first-order valence-corrected chi connectivity index (χ1v) is 17.1. The van der Waals surface area contributed by atoms with Gasteiger partial charge >= 0.3 is 6.09 Å². The number of sulfonamides is 1. The second-order valence-electron chi connectivity index (χ2n) is 9.77. The van der Waals surface area contributed by atoms with Gasteiger partial charge < -0.3 is 24.6 Å². The number of aromatic amines is 1. The molecule has 2 aliphatic rings. The lowest BCUT2D eigenvalue weighted by Crippen LogP contribution is -2.58. The van der Waals surface area contributed by atoms with E-state index in [2.05, 4.69) is 32.2 Å². The van der Waals surface area contributed by atoms with Crippen molar-refractivity contribution in [2.45, 2.75) is 11.3 Å². The van der Waals surface area contributed by atoms with Crippen molar-refractivity contribution < 1.29 is 27.5 Å². The molecule has 0 saturated carbocycles. The Morgan fingerprint density at radius 2 is 2.09 bits per heavy atom. The van der Waals surface area contributed by atoms with Crippen LogP contribution < -0.4 is 21.1 Å². The molecule has 0 radical (unpaired) electrons. The van der Waals surface area contributed by atoms with Crippen molar-refractivity contribution >= 4 is 79.1 Å². The number of nitrogens with zero attached hydrogens (tertiary/aromatic N) is 5. The van der Waals surface area contributed by atoms with Gasteiger partial charge in [-0.25, -0.2) is 18.2 Å². The van der Waals surface area contributed by atoms with Crippen LogP contribution >= 0.6 is 23.1 Å². The first-order chi connectivity index (χ1) is 21.2. The van der Waals surface area contributed by atoms with Gasteiger partial charge in [0.05, 0.1) is 22.9 Å². The highest BCUT2D eigenvalue weighted by Crippen LogP contribution is 2.34. The average molecular weight is 663 g/mol. The summed E-state index contributed by atoms with van der Waals surface area (Å²) in [4.78, 5) is 64.2. The zero-order valence-electron chi connectivity index (χ0n) is 23.6. The molecule has 2 amide bonds. The molecule has 1 fully saturated rings. The number of anilines is 3. The van der Waals surface area contributed by atoms with E-state index < -0.39 is 38.9 Å². The van der Waals surface area contributed by atoms with Gasteiger partial charge in [0.1, 0.15) is 35.4 Å². The highest BCUT2D eigenvalue weighted by molar-refractivity contribution is 7.98. The number of fused-ring (bicyclic) bond motifs is 2. The number of carbonyl (C=O) groups excluding carboxylic acids is 3. The molecule has 1 saturated heterocycles. The summed E-state index contributed by atoms with van der Waals surface area (Å²) >= 11 is 2.75. The molecule has 5 rings (SSSR count). The second-order valence-corrected chi connectivity index (χ2v) is 13.8. The third-order valence-corrected chi connectivity index (χ3v) is 11.0. The molecule has 0 aliphatic carbocycles. The number of ether oxygens (including phenoxy) is 1. The highest BCUT2D eigenvalue weighted by atomic mass is 32.2. The van der Waals surface area contributed by atoms with Crippen molar-refractivity contribution in [3.05, 3.63) is 52.3 Å². The molecule has 234 valence electrons. The van der Waals surface area contributed by atoms with Gasteiger partial charge in [-0.05, 0) is 18.4 Å². The molecule has 4 heterocycles. The summed E-state index contributed by atoms with van der Waals surface area (Å²) in [6, 6.07) is 6.17. The standard InChI is InChI=1S/C26H30N8O7S3/c1-3-19(24-28-17-6-4-5-7-18(17)43-24)44(39,40)34-9-8-32(12-16(34)14-35)20(36)13-33-15-27-21-22(33)29-25(30-23(21)37)31-26(38)41-10-11-42-2/h3-7,14,16,19,27H,1,8-13,15H2,2H3,(H2,29,30,31,37,38). The maximum atomic E-state index is 13.7. The SMILES string of the molecule is C=CC(c1nc2ccccc2s1)S(=O)(=O)N1CCN(C(=O)CN2CNc3c2nc(NC(=O)OCCSC)[nH]c3=O)CC1C=O. The van der Waals surface area contributed by atoms with Crippen molar-refractivity contribution in [1.82, 2.24) is 24.2 Å². The zero-order valence-corrected chi connectivity index (χ0v) is 26.0. The van der Waals surface area contributed by atoms with Crippen LogP contribution in [0.4, 0.5) is 22.2 Å². The summed E-state index contributed by atoms with van der Waals surface area (Å²) in [6.07, 6.45) is 2.89. The largest absolute Gasteiger partial charge is 0.448 e. The normalized spacial score (nSPS) is 17.5. The molecule has 2 atom stereocenters. The Morgan fingerprint density at radius 1 is 1.30 bits per heavy atom. The van der Waals surface area contributed by atoms with Gasteiger partial charge in [0.25, 0.3) is 5.56 Å². The number of thiazole rings is 1. The van der Waals surface area contributed by atoms with Crippen LogP contribution in [-0.4, -0.2) is 108 Å². The Morgan fingerprint density at radius 3 is 2.82 bits per heavy atom. The van der Waals surface area contributed by atoms with E-state index in [9.17, 15) is 27.6 Å². The monoisotopic (exact) mass is 662 g/mol. The van der Waals surface area contributed by atoms with E-state index in [0.29, 0.717) is 22.6 Å². The van der Waals surface area contributed by atoms with Crippen molar-refractivity contribution in [3.63, 3.8) is 0 Å². The number of aromatic nitrogens is 3. The molecule has 15 nitrogen and oxygen atoms in total. The van der Waals surface area contributed by atoms with Crippen LogP contribution in [0.1, 0.15) is 10.3 Å². The van der Waals surface area contributed by atoms with E-state index in [4.69, 9.17) is 4.74 Å². The number of amides is 2. The Balaban J connectivity index is 1.26. The van der Waals surface area contributed by atoms with Crippen LogP contribution in [0.25, 0.3) is 10.2 Å². The quantitative estimate of drug-likeness (QED) is 0.153. The van der Waals surface area contributed by atoms with E-state index in [1.807, 2.05) is 24.5 Å². The van der Waals surface area contributed by atoms with Crippen molar-refractivity contribution in [1.29, 1.82) is 0 Å². The summed E-state index contributed by atoms with van der Waals surface area (Å²) in [6.45, 7) is 3.55. The Labute approximate surface area is 260 Å². The lowest BCUT2D eigenvalue weighted by atomic mass is 10.2. The van der Waals surface area contributed by atoms with E-state index in [1.165, 1.54) is 39.0 Å². The number of nitrogens with one attached hydrogen (secondary N) is 3. The van der Waals surface area contributed by atoms with Gasteiger partial charge in [0, 0.05) is 25.4 Å². The third-order valence-electron chi connectivity index (χ3n) is 7.01. The molecule has 2 unspecified atom stereocenters. The molecule has 0 spiro atoms. The second kappa shape index (κ2) is 13.3. The molecule has 2 aromatic heterocycles. The van der Waals surface area contributed by atoms with E-state index in [0.717, 1.165) is 9.01 Å². The number of hydrogen-bond donors (Lipinski definition) is 3. The minimum Gasteiger partial charge on any atom is -0.448 e. The predicted octanol–water partition coefficient (Wildman–Crippen LogP) is 1.45. The number of rotatable bonds is 11. The number of aldehydes is 1. The van der Waals surface area contributed by atoms with Gasteiger partial charge in [-0.1, -0.05) is 18.2 Å². The van der Waals surface area contributed by atoms with E-state index in [-0.39, 0.29) is 56.9 Å². The van der Waals surface area contributed by atoms with Crippen LogP contribution in [0, 0.1) is 0 Å². The lowest BCUT2D eigenvalue weighted by molar-refractivity contribution is -0.132. The number of para-hydroxylation sites is 1. The number of benzene rings is 1. The van der Waals surface area contributed by atoms with Crippen LogP contribution in [0.3, 0.4) is 0 Å². The maximum Gasteiger partial charge on any atom is 0.413 e. The molecule has 3 aromatic rings. The van der Waals surface area contributed by atoms with Gasteiger partial charge in [-0.15, -0.1) is 17.9 Å². The Bertz CT molecular complexity index is 1710. The van der Waals surface area contributed by atoms with Gasteiger partial charge in [0.2, 0.25) is 21.9 Å². The van der Waals surface area contributed by atoms with Gasteiger partial charge in [-0.2, -0.15) is 21.1 Å². The van der Waals surface area contributed by atoms with Crippen LogP contribution in [0.15, 0.2) is 41.7 Å². The first kappa shape index (κ1) is 31.4. The van der Waals surface area contributed by atoms with E-state index in [1.54, 1.807) is 6.07 Å². The predicted molar refractivity (Wildman–Crippen MR) is 169 cm³/mol. The fraction of sp³-hybridized carbons (Fsp3) is 0.385. The van der Waals surface area contributed by atoms with Gasteiger partial charge in [0.15, 0.2) is 5.82 Å². The fourth-order valence-corrected chi connectivity index (χ4v) is 8.23. The molecule has 2 aliphatic heterocycles. The van der Waals surface area contributed by atoms with Crippen molar-refractivity contribution in [2.75, 3.05) is 67.0 Å². The molecule has 3 N–H and O–H groups in total. The molecule has 44 heavy (non-hydrogen) atoms. The number of hydrogen-bond acceptors (Lipinski definition) is 13. The fourth-order valence-electron chi connectivity index (χ4n) is 4.86. The number of H-pyrrole nitrogens is 1. The highest BCUT2D eigenvalue weighted by Gasteiger charge is 2.42. The van der Waals surface area contributed by atoms with Crippen LogP contribution in [0.5, 0.6) is 0 Å². The van der Waals surface area contributed by atoms with Gasteiger partial charge in [-0.3, -0.25) is 19.9 Å². The molecule has 18 heteroatoms. The van der Waals surface area contributed by atoms with Crippen LogP contribution in [0.2, 0.25) is 0 Å². The summed E-state index contributed by atoms with van der Waals surface area (Å²) in [5.41, 5.74) is 0.251. The lowest BCUT2D eigenvalue weighted by Gasteiger charge is -2.39. The molecule has 1 aromatic carbocycles. The minimum atomic E-state index is -4.10. The first-order valence-electron chi connectivity index (χ1n) is 13.4. The van der Waals surface area contributed by atoms with Crippen molar-refractivity contribution in [3.8, 4) is 0 Å².